The van der Waals surface area contributed by atoms with Crippen LogP contribution in [-0.4, -0.2) is 9.55 Å². The van der Waals surface area contributed by atoms with Crippen molar-refractivity contribution in [2.24, 2.45) is 0 Å². The summed E-state index contributed by atoms with van der Waals surface area (Å²) in [6.45, 7) is 14.9. The zero-order chi connectivity index (χ0) is 22.3. The van der Waals surface area contributed by atoms with E-state index in [2.05, 4.69) is 67.9 Å². The lowest BCUT2D eigenvalue weighted by Crippen LogP contribution is -2.24. The molecule has 0 bridgehead atoms. The quantitative estimate of drug-likeness (QED) is 0.302. The molecule has 4 rings (SSSR count). The molecule has 31 heavy (non-hydrogen) atoms. The van der Waals surface area contributed by atoms with Gasteiger partial charge in [-0.2, -0.15) is 4.39 Å². The van der Waals surface area contributed by atoms with Gasteiger partial charge in [0.05, 0.1) is 10.7 Å². The third-order valence-electron chi connectivity index (χ3n) is 5.25. The zero-order valence-electron chi connectivity index (χ0n) is 17.7. The zero-order valence-corrected chi connectivity index (χ0v) is 19.2. The molecule has 0 fully saturated rings. The molecular formula is C25H23ClFN3S. The third kappa shape index (κ3) is 3.95. The second-order valence-corrected chi connectivity index (χ2v) is 9.65. The van der Waals surface area contributed by atoms with Gasteiger partial charge in [0.2, 0.25) is 5.95 Å². The molecule has 0 saturated heterocycles. The Morgan fingerprint density at radius 2 is 1.68 bits per heavy atom. The lowest BCUT2D eigenvalue weighted by molar-refractivity contribution is 0.573. The maximum absolute atomic E-state index is 14.4. The number of hydrogen-bond donors (Lipinski definition) is 1. The Kier molecular flexibility index (Phi) is 5.58. The summed E-state index contributed by atoms with van der Waals surface area (Å²) in [5, 5.41) is 3.25. The van der Waals surface area contributed by atoms with E-state index < -0.39 is 5.95 Å². The number of halogens is 2. The van der Waals surface area contributed by atoms with E-state index in [1.165, 1.54) is 23.7 Å². The van der Waals surface area contributed by atoms with Gasteiger partial charge in [-0.15, -0.1) is 0 Å². The number of nitrogens with one attached hydrogen (secondary N) is 1. The summed E-state index contributed by atoms with van der Waals surface area (Å²) in [4.78, 5) is 4.84. The van der Waals surface area contributed by atoms with Crippen LogP contribution in [0.5, 0.6) is 0 Å². The van der Waals surface area contributed by atoms with Gasteiger partial charge in [0, 0.05) is 32.6 Å². The van der Waals surface area contributed by atoms with Crippen LogP contribution in [0.4, 0.5) is 10.1 Å². The fourth-order valence-corrected chi connectivity index (χ4v) is 4.54. The van der Waals surface area contributed by atoms with Gasteiger partial charge in [-0.3, -0.25) is 0 Å². The van der Waals surface area contributed by atoms with Gasteiger partial charge in [-0.1, -0.05) is 57.7 Å². The maximum Gasteiger partial charge on any atom is 0.237 e. The van der Waals surface area contributed by atoms with E-state index in [1.807, 2.05) is 12.1 Å². The molecule has 0 aliphatic heterocycles. The summed E-state index contributed by atoms with van der Waals surface area (Å²) in [6, 6.07) is 15.5. The lowest BCUT2D eigenvalue weighted by atomic mass is 9.87. The Bertz CT molecular complexity index is 1370. The Labute approximate surface area is 190 Å². The Balaban J connectivity index is 1.75. The second-order valence-electron chi connectivity index (χ2n) is 8.37. The maximum atomic E-state index is 14.4. The molecule has 0 unspecified atom stereocenters. The van der Waals surface area contributed by atoms with Crippen molar-refractivity contribution in [3.8, 4) is 5.69 Å². The van der Waals surface area contributed by atoms with E-state index in [-0.39, 0.29) is 5.41 Å². The van der Waals surface area contributed by atoms with E-state index in [4.69, 9.17) is 11.6 Å². The molecule has 2 aromatic heterocycles. The van der Waals surface area contributed by atoms with Crippen molar-refractivity contribution in [3.05, 3.63) is 82.0 Å². The van der Waals surface area contributed by atoms with Crippen molar-refractivity contribution in [2.75, 3.05) is 4.72 Å². The van der Waals surface area contributed by atoms with Gasteiger partial charge in [0.25, 0.3) is 0 Å². The minimum Gasteiger partial charge on any atom is -0.325 e. The monoisotopic (exact) mass is 451 g/mol. The highest BCUT2D eigenvalue weighted by atomic mass is 35.5. The highest BCUT2D eigenvalue weighted by molar-refractivity contribution is 8.00. The van der Waals surface area contributed by atoms with Crippen LogP contribution < -0.4 is 15.4 Å². The van der Waals surface area contributed by atoms with Crippen molar-refractivity contribution >= 4 is 53.2 Å². The first-order chi connectivity index (χ1) is 14.7. The molecule has 0 aliphatic carbocycles. The van der Waals surface area contributed by atoms with Gasteiger partial charge in [-0.05, 0) is 59.3 Å². The van der Waals surface area contributed by atoms with Crippen molar-refractivity contribution < 1.29 is 4.39 Å². The second kappa shape index (κ2) is 8.06. The van der Waals surface area contributed by atoms with Gasteiger partial charge in [-0.25, -0.2) is 4.98 Å². The largest absolute Gasteiger partial charge is 0.325 e. The molecule has 0 aliphatic rings. The van der Waals surface area contributed by atoms with E-state index in [9.17, 15) is 4.39 Å². The van der Waals surface area contributed by atoms with Crippen LogP contribution in [-0.2, 0) is 5.41 Å². The van der Waals surface area contributed by atoms with Crippen LogP contribution in [0, 0.1) is 5.95 Å². The molecule has 2 heterocycles. The molecule has 158 valence electrons. The summed E-state index contributed by atoms with van der Waals surface area (Å²) in [7, 11) is 0. The van der Waals surface area contributed by atoms with Crippen LogP contribution >= 0.6 is 23.5 Å². The molecule has 0 radical (unpaired) electrons. The Morgan fingerprint density at radius 3 is 2.32 bits per heavy atom. The fraction of sp³-hybridized carbons (Fsp3) is 0.160. The lowest BCUT2D eigenvalue weighted by Gasteiger charge is -2.19. The average molecular weight is 452 g/mol. The predicted octanol–water partition coefficient (Wildman–Crippen LogP) is 6.06. The van der Waals surface area contributed by atoms with E-state index >= 15 is 0 Å². The molecule has 4 aromatic rings. The fourth-order valence-electron chi connectivity index (χ4n) is 3.60. The molecule has 6 heteroatoms. The normalized spacial score (nSPS) is 11.8. The summed E-state index contributed by atoms with van der Waals surface area (Å²) in [6.07, 6.45) is 1.41. The molecule has 0 amide bonds. The van der Waals surface area contributed by atoms with E-state index in [1.54, 1.807) is 16.7 Å². The van der Waals surface area contributed by atoms with Gasteiger partial charge >= 0.3 is 0 Å². The molecule has 0 saturated carbocycles. The number of rotatable bonds is 4. The summed E-state index contributed by atoms with van der Waals surface area (Å²) in [5.74, 6) is -0.587. The molecule has 0 atom stereocenters. The van der Waals surface area contributed by atoms with Crippen LogP contribution in [0.25, 0.3) is 29.6 Å². The number of anilines is 1. The van der Waals surface area contributed by atoms with Crippen LogP contribution in [0.15, 0.2) is 59.6 Å². The van der Waals surface area contributed by atoms with Crippen molar-refractivity contribution in [2.45, 2.75) is 31.1 Å². The third-order valence-corrected chi connectivity index (χ3v) is 6.40. The molecule has 2 aromatic carbocycles. The van der Waals surface area contributed by atoms with Crippen molar-refractivity contribution in [1.82, 2.24) is 9.55 Å². The first kappa shape index (κ1) is 21.5. The molecule has 0 spiro atoms. The van der Waals surface area contributed by atoms with Gasteiger partial charge < -0.3 is 9.29 Å². The van der Waals surface area contributed by atoms with Crippen LogP contribution in [0.1, 0.15) is 26.3 Å². The predicted molar refractivity (Wildman–Crippen MR) is 131 cm³/mol. The van der Waals surface area contributed by atoms with Crippen LogP contribution in [0.2, 0.25) is 5.02 Å². The number of nitrogens with zero attached hydrogens (tertiary/aromatic N) is 2. The number of fused-ring (bicyclic) bond motifs is 1. The summed E-state index contributed by atoms with van der Waals surface area (Å²) in [5.41, 5.74) is 2.52. The first-order valence-electron chi connectivity index (χ1n) is 9.83. The van der Waals surface area contributed by atoms with Crippen LogP contribution in [0.3, 0.4) is 0 Å². The minimum absolute atomic E-state index is 0.108. The van der Waals surface area contributed by atoms with Crippen molar-refractivity contribution in [1.29, 1.82) is 0 Å². The summed E-state index contributed by atoms with van der Waals surface area (Å²) >= 11 is 8.00. The smallest absolute Gasteiger partial charge is 0.237 e. The van der Waals surface area contributed by atoms with E-state index in [0.29, 0.717) is 21.4 Å². The molecule has 1 N–H and O–H groups in total. The minimum atomic E-state index is -0.587. The average Bonchev–Trinajstić information content (AvgIpc) is 2.99. The first-order valence-corrected chi connectivity index (χ1v) is 11.0. The molecular weight excluding hydrogens is 429 g/mol. The number of aromatic nitrogens is 2. The van der Waals surface area contributed by atoms with E-state index in [0.717, 1.165) is 21.4 Å². The van der Waals surface area contributed by atoms with Crippen molar-refractivity contribution in [3.63, 3.8) is 0 Å². The number of hydrogen-bond acceptors (Lipinski definition) is 3. The standard InChI is InChI=1S/C25H23ClFN3S/c1-15-22-19(26)12-13-20(29-31-18-10-8-17(9-11-18)25(3,4)5)23(22)16(2)30(15)21-7-6-14-28-24(21)27/h6-14,29H,1-2H2,3-5H3. The SMILES string of the molecule is C=c1c2c(Cl)ccc(NSc3ccc(C(C)(C)C)cc3)c2c(=C)n1-c1cccnc1F. The molecule has 3 nitrogen and oxygen atoms in total. The number of pyridine rings is 1. The van der Waals surface area contributed by atoms with Gasteiger partial charge in [0.1, 0.15) is 5.69 Å². The van der Waals surface area contributed by atoms with Gasteiger partial charge in [0.15, 0.2) is 0 Å². The Hall–Kier alpha value is -2.76. The topological polar surface area (TPSA) is 29.9 Å². The highest BCUT2D eigenvalue weighted by Gasteiger charge is 2.17. The number of benzene rings is 2. The summed E-state index contributed by atoms with van der Waals surface area (Å²) < 4.78 is 19.5. The highest BCUT2D eigenvalue weighted by Crippen LogP contribution is 2.31. The Morgan fingerprint density at radius 1 is 1.00 bits per heavy atom.